The van der Waals surface area contributed by atoms with Crippen molar-refractivity contribution >= 4 is 130 Å². The van der Waals surface area contributed by atoms with Gasteiger partial charge in [-0.15, -0.1) is 0 Å². The van der Waals surface area contributed by atoms with Gasteiger partial charge in [0.25, 0.3) is 0 Å². The summed E-state index contributed by atoms with van der Waals surface area (Å²) in [5.74, 6) is -17.2. The standard InChI is InChI=1S/C80H123N21O23S/c1-44(2)35-54(75(119)96-56(37-48-24-26-49(104)27-25-48)77(121)97-55(36-47-17-7-5-8-18-47)76(120)93-52(28-30-60(82)105)73(117)90-40-65(110)88-41-66(111)92-50(71(84)115)19-12-14-32-81)95-78(122)57(38-61(83)106)98-74(118)53(29-31-68(113)114)94-79(123)69(45(3)102)100-67(112)42-89-64(109)39-87-63(108)22-9-6-15-34-86-72(116)51(91-46(4)103)20-13-16-33-85-62(107)23-11-10-21-59-70-58(43-125-59)99-80(124)101-70/h5,7-8,17-18,24-27,44-45,50-59,69-70,102,104H,6,9-16,19-23,28-43,81H2,1-4H3,(H2,82,105)(H2,83,106)(H2,84,115)(H,85,107)(H,86,116)(H,87,108)(H,88,110)(H,89,109)(H,90,117)(H,91,103)(H,92,111)(H,93,120)(H,94,123)(H,95,122)(H,96,119)(H,97,121)(H,98,118)(H,100,112)(H,113,114)(H2,99,101,124)/t45-,50+,51+,52+,53+,54+,55+,56+,57+,58+,59+,69+,70+/m1/s1. The number of aliphatic hydroxyl groups is 1. The Kier molecular flexibility index (Phi) is 47.5. The molecule has 0 bridgehead atoms. The van der Waals surface area contributed by atoms with Crippen LogP contribution in [-0.4, -0.2) is 263 Å². The third kappa shape index (κ3) is 42.6. The zero-order valence-corrected chi connectivity index (χ0v) is 71.5. The molecule has 2 aliphatic heterocycles. The number of aliphatic carboxylic acids is 1. The van der Waals surface area contributed by atoms with Crippen LogP contribution in [0.1, 0.15) is 167 Å². The Hall–Kier alpha value is -12.3. The van der Waals surface area contributed by atoms with Gasteiger partial charge in [-0.05, 0) is 126 Å². The summed E-state index contributed by atoms with van der Waals surface area (Å²) in [6, 6.07) is -0.640. The van der Waals surface area contributed by atoms with E-state index >= 15 is 0 Å². The molecule has 0 aromatic heterocycles. The fraction of sp³-hybridized carbons (Fsp3) is 0.600. The highest BCUT2D eigenvalue weighted by molar-refractivity contribution is 8.00. The second-order valence-corrected chi connectivity index (χ2v) is 32.1. The van der Waals surface area contributed by atoms with Crippen molar-refractivity contribution in [1.82, 2.24) is 90.4 Å². The molecule has 2 aromatic rings. The molecule has 0 spiro atoms. The van der Waals surface area contributed by atoms with Crippen LogP contribution in [-0.2, 0) is 104 Å². The van der Waals surface area contributed by atoms with Crippen LogP contribution in [0.3, 0.4) is 0 Å². The molecule has 4 rings (SSSR count). The first-order chi connectivity index (χ1) is 59.3. The van der Waals surface area contributed by atoms with E-state index in [0.717, 1.165) is 25.5 Å². The highest BCUT2D eigenvalue weighted by atomic mass is 32.2. The molecule has 2 saturated heterocycles. The van der Waals surface area contributed by atoms with E-state index in [1.165, 1.54) is 31.2 Å². The van der Waals surface area contributed by atoms with Gasteiger partial charge in [-0.25, -0.2) is 4.79 Å². The number of hydrogen-bond acceptors (Lipinski definition) is 24. The fourth-order valence-electron chi connectivity index (χ4n) is 13.2. The number of aromatic hydroxyl groups is 1. The summed E-state index contributed by atoms with van der Waals surface area (Å²) in [5, 5.41) is 73.4. The zero-order chi connectivity index (χ0) is 92.7. The number of phenolic OH excluding ortho intramolecular Hbond substituents is 1. The topological polar surface area (TPSA) is 711 Å². The second kappa shape index (κ2) is 56.5. The Morgan fingerprint density at radius 3 is 1.52 bits per heavy atom. The first kappa shape index (κ1) is 105. The summed E-state index contributed by atoms with van der Waals surface area (Å²) in [4.78, 5) is 262. The van der Waals surface area contributed by atoms with Crippen molar-refractivity contribution in [3.63, 3.8) is 0 Å². The molecule has 28 N–H and O–H groups in total. The maximum absolute atomic E-state index is 14.8. The average Bonchev–Trinajstić information content (AvgIpc) is 1.68. The van der Waals surface area contributed by atoms with E-state index < -0.39 is 231 Å². The number of hydrogen-bond donors (Lipinski definition) is 24. The number of unbranched alkanes of at least 4 members (excludes halogenated alkanes) is 5. The van der Waals surface area contributed by atoms with Crippen molar-refractivity contribution in [2.24, 2.45) is 28.9 Å². The molecule has 13 atom stereocenters. The van der Waals surface area contributed by atoms with Gasteiger partial charge in [0.1, 0.15) is 60.1 Å². The minimum atomic E-state index is -1.99. The molecule has 2 fully saturated rings. The lowest BCUT2D eigenvalue weighted by molar-refractivity contribution is -0.139. The Morgan fingerprint density at radius 1 is 0.448 bits per heavy atom. The second-order valence-electron chi connectivity index (χ2n) is 30.9. The Morgan fingerprint density at radius 2 is 0.928 bits per heavy atom. The summed E-state index contributed by atoms with van der Waals surface area (Å²) in [7, 11) is 0. The lowest BCUT2D eigenvalue weighted by atomic mass is 9.99. The molecule has 0 radical (unpaired) electrons. The summed E-state index contributed by atoms with van der Waals surface area (Å²) >= 11 is 1.82. The predicted molar refractivity (Wildman–Crippen MR) is 452 cm³/mol. The van der Waals surface area contributed by atoms with E-state index in [1.807, 2.05) is 11.8 Å². The van der Waals surface area contributed by atoms with Crippen molar-refractivity contribution in [2.75, 3.05) is 51.6 Å². The van der Waals surface area contributed by atoms with Crippen molar-refractivity contribution in [3.8, 4) is 5.75 Å². The quantitative estimate of drug-likeness (QED) is 0.0216. The summed E-state index contributed by atoms with van der Waals surface area (Å²) < 4.78 is 0. The van der Waals surface area contributed by atoms with Crippen LogP contribution in [0.25, 0.3) is 0 Å². The molecule has 20 amide bonds. The molecule has 44 nitrogen and oxygen atoms in total. The number of carbonyl (C=O) groups excluding carboxylic acids is 19. The van der Waals surface area contributed by atoms with Gasteiger partial charge in [0, 0.05) is 69.5 Å². The third-order valence-electron chi connectivity index (χ3n) is 19.8. The largest absolute Gasteiger partial charge is 0.508 e. The summed E-state index contributed by atoms with van der Waals surface area (Å²) in [5.41, 5.74) is 22.7. The van der Waals surface area contributed by atoms with E-state index in [2.05, 4.69) is 90.4 Å². The summed E-state index contributed by atoms with van der Waals surface area (Å²) in [6.07, 6.45) is 0.661. The van der Waals surface area contributed by atoms with Crippen LogP contribution >= 0.6 is 11.8 Å². The minimum Gasteiger partial charge on any atom is -0.508 e. The van der Waals surface area contributed by atoms with Crippen LogP contribution < -0.4 is 113 Å². The number of urea groups is 1. The molecule has 125 heavy (non-hydrogen) atoms. The number of phenols is 1. The zero-order valence-electron chi connectivity index (χ0n) is 70.7. The maximum Gasteiger partial charge on any atom is 0.315 e. The molecule has 2 aromatic carbocycles. The number of carboxylic acids is 1. The van der Waals surface area contributed by atoms with Crippen LogP contribution in [0.5, 0.6) is 5.75 Å². The number of carboxylic acid groups (broad SMARTS) is 1. The van der Waals surface area contributed by atoms with Gasteiger partial charge < -0.3 is 129 Å². The molecule has 0 aliphatic carbocycles. The predicted octanol–water partition coefficient (Wildman–Crippen LogP) is -6.24. The van der Waals surface area contributed by atoms with Gasteiger partial charge in [0.2, 0.25) is 106 Å². The minimum absolute atomic E-state index is 0.0251. The molecular weight excluding hydrogens is 1660 g/mol. The number of primary amides is 3. The average molecular weight is 1780 g/mol. The SMILES string of the molecule is CC(=O)N[C@@H](CCCCNC(=O)CCCC[C@@H]1SC[C@@H]2NC(=O)N[C@@H]21)C(=O)NCCCCCC(=O)NCC(=O)NCC(=O)N[C@H](C(=O)N[C@@H](CCC(=O)O)C(=O)N[C@@H](CC(N)=O)C(=O)N[C@@H](CC(C)C)C(=O)N[C@@H](Cc1ccc(O)cc1)C(=O)N[C@@H](Cc1ccccc1)C(=O)N[C@@H](CCC(N)=O)C(=O)NCC(=O)NCC(=O)N[C@@H](CCCCN)C(N)=O)[C@@H](C)O. The van der Waals surface area contributed by atoms with Crippen LogP contribution in [0.15, 0.2) is 54.6 Å². The smallest absolute Gasteiger partial charge is 0.315 e. The van der Waals surface area contributed by atoms with Crippen LogP contribution in [0.4, 0.5) is 4.79 Å². The van der Waals surface area contributed by atoms with E-state index in [9.17, 15) is 111 Å². The number of rotatable bonds is 61. The highest BCUT2D eigenvalue weighted by Gasteiger charge is 2.43. The number of amides is 20. The van der Waals surface area contributed by atoms with Gasteiger partial charge in [-0.1, -0.05) is 69.2 Å². The van der Waals surface area contributed by atoms with Crippen molar-refractivity contribution in [3.05, 3.63) is 65.7 Å². The van der Waals surface area contributed by atoms with Gasteiger partial charge >= 0.3 is 12.0 Å². The highest BCUT2D eigenvalue weighted by Crippen LogP contribution is 2.33. The molecular formula is C80H123N21O23S. The lowest BCUT2D eigenvalue weighted by Gasteiger charge is -2.28. The fourth-order valence-corrected chi connectivity index (χ4v) is 14.7. The number of nitrogens with one attached hydrogen (secondary N) is 17. The van der Waals surface area contributed by atoms with E-state index in [0.29, 0.717) is 93.7 Å². The number of fused-ring (bicyclic) bond motifs is 1. The third-order valence-corrected chi connectivity index (χ3v) is 21.3. The molecule has 45 heteroatoms. The number of aliphatic hydroxyl groups excluding tert-OH is 1. The summed E-state index contributed by atoms with van der Waals surface area (Å²) in [6.45, 7) is 3.77. The molecule has 0 unspecified atom stereocenters. The van der Waals surface area contributed by atoms with Gasteiger partial charge in [0.05, 0.1) is 50.8 Å². The number of nitrogens with two attached hydrogens (primary N) is 4. The number of benzene rings is 2. The molecule has 2 aliphatic rings. The molecule has 0 saturated carbocycles. The first-order valence-electron chi connectivity index (χ1n) is 41.6. The van der Waals surface area contributed by atoms with Crippen molar-refractivity contribution in [2.45, 2.75) is 247 Å². The number of carbonyl (C=O) groups is 20. The van der Waals surface area contributed by atoms with Crippen molar-refractivity contribution in [1.29, 1.82) is 0 Å². The molecule has 2 heterocycles. The van der Waals surface area contributed by atoms with Gasteiger partial charge in [-0.3, -0.25) is 91.1 Å². The Bertz CT molecular complexity index is 4020. The van der Waals surface area contributed by atoms with Gasteiger partial charge in [-0.2, -0.15) is 11.8 Å². The van der Waals surface area contributed by atoms with Crippen LogP contribution in [0, 0.1) is 5.92 Å². The van der Waals surface area contributed by atoms with Crippen LogP contribution in [0.2, 0.25) is 0 Å². The Balaban J connectivity index is 1.34. The van der Waals surface area contributed by atoms with E-state index in [4.69, 9.17) is 22.9 Å². The van der Waals surface area contributed by atoms with Crippen molar-refractivity contribution < 1.29 is 111 Å². The lowest BCUT2D eigenvalue weighted by Crippen LogP contribution is -2.61. The Labute approximate surface area is 727 Å². The monoisotopic (exact) mass is 1780 g/mol. The van der Waals surface area contributed by atoms with E-state index in [1.54, 1.807) is 44.2 Å². The van der Waals surface area contributed by atoms with Gasteiger partial charge in [0.15, 0.2) is 0 Å². The number of thioether (sulfide) groups is 1. The van der Waals surface area contributed by atoms with E-state index in [-0.39, 0.29) is 68.4 Å². The normalized spacial score (nSPS) is 16.1. The maximum atomic E-state index is 14.8. The molecule has 692 valence electrons. The first-order valence-corrected chi connectivity index (χ1v) is 42.6.